The van der Waals surface area contributed by atoms with Crippen molar-refractivity contribution in [1.29, 1.82) is 0 Å². The zero-order chi connectivity index (χ0) is 25.2. The fourth-order valence-corrected chi connectivity index (χ4v) is 5.53. The molecule has 0 radical (unpaired) electrons. The Morgan fingerprint density at radius 2 is 1.57 bits per heavy atom. The summed E-state index contributed by atoms with van der Waals surface area (Å²) in [5.74, 6) is 0.790. The molecular weight excluding hydrogens is 464 g/mol. The Hall–Kier alpha value is -3.04. The number of nitrogens with zero attached hydrogens (tertiary/aromatic N) is 3. The number of likely N-dealkylation sites (tertiary alicyclic amines) is 1. The summed E-state index contributed by atoms with van der Waals surface area (Å²) in [5.41, 5.74) is 3.03. The molecule has 0 unspecified atom stereocenters. The molecular formula is C26H32N4O4S. The van der Waals surface area contributed by atoms with E-state index in [2.05, 4.69) is 14.9 Å². The first-order valence-electron chi connectivity index (χ1n) is 11.9. The number of amides is 1. The smallest absolute Gasteiger partial charge is 0.241 e. The van der Waals surface area contributed by atoms with Crippen LogP contribution in [0, 0.1) is 19.8 Å². The first-order valence-corrected chi connectivity index (χ1v) is 13.4. The van der Waals surface area contributed by atoms with Crippen LogP contribution < -0.4 is 4.72 Å². The van der Waals surface area contributed by atoms with Gasteiger partial charge in [-0.05, 0) is 44.7 Å². The van der Waals surface area contributed by atoms with E-state index >= 15 is 0 Å². The number of carbonyl (C=O) groups excluding carboxylic acids is 1. The van der Waals surface area contributed by atoms with E-state index in [1.165, 1.54) is 0 Å². The number of benzene rings is 2. The van der Waals surface area contributed by atoms with Gasteiger partial charge in [-0.2, -0.15) is 9.71 Å². The fraction of sp³-hybridized carbons (Fsp3) is 0.423. The highest BCUT2D eigenvalue weighted by Crippen LogP contribution is 2.29. The molecule has 0 saturated carbocycles. The highest BCUT2D eigenvalue weighted by Gasteiger charge is 2.34. The number of aromatic nitrogens is 2. The van der Waals surface area contributed by atoms with Gasteiger partial charge in [-0.25, -0.2) is 8.42 Å². The number of hydrogen-bond acceptors (Lipinski definition) is 6. The minimum atomic E-state index is -3.82. The van der Waals surface area contributed by atoms with Crippen LogP contribution in [0.25, 0.3) is 11.4 Å². The molecule has 8 nitrogen and oxygen atoms in total. The van der Waals surface area contributed by atoms with Crippen molar-refractivity contribution in [2.24, 2.45) is 5.92 Å². The second kappa shape index (κ2) is 10.3. The van der Waals surface area contributed by atoms with Crippen LogP contribution in [0.2, 0.25) is 0 Å². The van der Waals surface area contributed by atoms with Crippen molar-refractivity contribution in [3.63, 3.8) is 0 Å². The highest BCUT2D eigenvalue weighted by molar-refractivity contribution is 7.89. The Morgan fingerprint density at radius 3 is 2.14 bits per heavy atom. The number of nitrogens with one attached hydrogen (secondary N) is 1. The number of aryl methyl sites for hydroxylation is 2. The van der Waals surface area contributed by atoms with Crippen molar-refractivity contribution in [2.75, 3.05) is 13.1 Å². The van der Waals surface area contributed by atoms with E-state index in [-0.39, 0.29) is 22.6 Å². The molecule has 186 valence electrons. The Kier molecular flexibility index (Phi) is 7.37. The summed E-state index contributed by atoms with van der Waals surface area (Å²) in [6.45, 7) is 8.61. The van der Waals surface area contributed by atoms with Crippen LogP contribution in [0.4, 0.5) is 0 Å². The van der Waals surface area contributed by atoms with Gasteiger partial charge in [-0.1, -0.05) is 66.5 Å². The number of hydrogen-bond donors (Lipinski definition) is 1. The second-order valence-electron chi connectivity index (χ2n) is 9.58. The van der Waals surface area contributed by atoms with Crippen molar-refractivity contribution in [3.8, 4) is 11.4 Å². The van der Waals surface area contributed by atoms with E-state index in [0.29, 0.717) is 37.6 Å². The van der Waals surface area contributed by atoms with Crippen molar-refractivity contribution in [1.82, 2.24) is 19.8 Å². The Morgan fingerprint density at radius 1 is 1.00 bits per heavy atom. The third kappa shape index (κ3) is 5.79. The number of sulfonamides is 1. The van der Waals surface area contributed by atoms with E-state index in [0.717, 1.165) is 16.7 Å². The molecule has 1 aliphatic rings. The molecule has 1 atom stereocenters. The lowest BCUT2D eigenvalue weighted by Gasteiger charge is -2.34. The van der Waals surface area contributed by atoms with E-state index in [4.69, 9.17) is 4.52 Å². The van der Waals surface area contributed by atoms with E-state index in [1.807, 2.05) is 52.0 Å². The van der Waals surface area contributed by atoms with E-state index in [1.54, 1.807) is 29.2 Å². The number of carbonyl (C=O) groups is 1. The van der Waals surface area contributed by atoms with Gasteiger partial charge in [0.1, 0.15) is 6.04 Å². The van der Waals surface area contributed by atoms with Gasteiger partial charge in [0.15, 0.2) is 0 Å². The Labute approximate surface area is 206 Å². The standard InChI is InChI=1S/C26H32N4O4S/c1-17(2)23(29-35(32,33)22-11-7-19(4)8-12-22)26(31)30-15-13-21(14-16-30)25-27-24(28-34-25)20-9-5-18(3)6-10-20/h5-12,17,21,23,29H,13-16H2,1-4H3/t23-/m0/s1. The first kappa shape index (κ1) is 25.1. The predicted molar refractivity (Wildman–Crippen MR) is 133 cm³/mol. The summed E-state index contributed by atoms with van der Waals surface area (Å²) < 4.78 is 34.0. The largest absolute Gasteiger partial charge is 0.341 e. The molecule has 1 aromatic heterocycles. The van der Waals surface area contributed by atoms with E-state index in [9.17, 15) is 13.2 Å². The molecule has 1 saturated heterocycles. The molecule has 1 amide bonds. The summed E-state index contributed by atoms with van der Waals surface area (Å²) in [6, 6.07) is 13.7. The van der Waals surface area contributed by atoms with Gasteiger partial charge >= 0.3 is 0 Å². The maximum Gasteiger partial charge on any atom is 0.241 e. The average Bonchev–Trinajstić information content (AvgIpc) is 3.33. The minimum Gasteiger partial charge on any atom is -0.341 e. The molecule has 3 aromatic rings. The third-order valence-corrected chi connectivity index (χ3v) is 7.91. The zero-order valence-corrected chi connectivity index (χ0v) is 21.4. The molecule has 1 fully saturated rings. The van der Waals surface area contributed by atoms with Gasteiger partial charge in [-0.3, -0.25) is 4.79 Å². The van der Waals surface area contributed by atoms with Crippen molar-refractivity contribution in [2.45, 2.75) is 57.4 Å². The summed E-state index contributed by atoms with van der Waals surface area (Å²) in [4.78, 5) is 19.8. The maximum atomic E-state index is 13.3. The quantitative estimate of drug-likeness (QED) is 0.529. The molecule has 2 aromatic carbocycles. The average molecular weight is 497 g/mol. The Balaban J connectivity index is 1.40. The van der Waals surface area contributed by atoms with Crippen LogP contribution in [0.5, 0.6) is 0 Å². The first-order chi connectivity index (χ1) is 16.6. The van der Waals surface area contributed by atoms with Crippen LogP contribution in [0.3, 0.4) is 0 Å². The number of rotatable bonds is 7. The molecule has 0 bridgehead atoms. The zero-order valence-electron chi connectivity index (χ0n) is 20.6. The number of piperidine rings is 1. The fourth-order valence-electron chi connectivity index (χ4n) is 4.19. The normalized spacial score (nSPS) is 16.0. The predicted octanol–water partition coefficient (Wildman–Crippen LogP) is 4.06. The van der Waals surface area contributed by atoms with Crippen LogP contribution in [-0.2, 0) is 14.8 Å². The molecule has 35 heavy (non-hydrogen) atoms. The SMILES string of the molecule is Cc1ccc(-c2noc(C3CCN(C(=O)[C@@H](NS(=O)(=O)c4ccc(C)cc4)C(C)C)CC3)n2)cc1. The van der Waals surface area contributed by atoms with E-state index < -0.39 is 16.1 Å². The summed E-state index contributed by atoms with van der Waals surface area (Å²) >= 11 is 0. The lowest BCUT2D eigenvalue weighted by Crippen LogP contribution is -2.52. The van der Waals surface area contributed by atoms with Crippen molar-refractivity contribution in [3.05, 3.63) is 65.5 Å². The molecule has 1 N–H and O–H groups in total. The lowest BCUT2D eigenvalue weighted by molar-refractivity contribution is -0.135. The monoisotopic (exact) mass is 496 g/mol. The Bertz CT molecular complexity index is 1260. The van der Waals surface area contributed by atoms with Gasteiger partial charge in [0, 0.05) is 24.6 Å². The van der Waals surface area contributed by atoms with Crippen molar-refractivity contribution >= 4 is 15.9 Å². The molecule has 2 heterocycles. The highest BCUT2D eigenvalue weighted by atomic mass is 32.2. The van der Waals surface area contributed by atoms with Gasteiger partial charge < -0.3 is 9.42 Å². The third-order valence-electron chi connectivity index (χ3n) is 6.45. The van der Waals surface area contributed by atoms with Crippen LogP contribution in [0.15, 0.2) is 57.9 Å². The van der Waals surface area contributed by atoms with Crippen LogP contribution in [-0.4, -0.2) is 48.5 Å². The summed E-state index contributed by atoms with van der Waals surface area (Å²) in [5, 5.41) is 4.13. The van der Waals surface area contributed by atoms with Gasteiger partial charge in [0.25, 0.3) is 0 Å². The minimum absolute atomic E-state index is 0.0625. The lowest BCUT2D eigenvalue weighted by atomic mass is 9.95. The molecule has 0 spiro atoms. The molecule has 9 heteroatoms. The van der Waals surface area contributed by atoms with Crippen LogP contribution >= 0.6 is 0 Å². The maximum absolute atomic E-state index is 13.3. The second-order valence-corrected chi connectivity index (χ2v) is 11.3. The van der Waals surface area contributed by atoms with Gasteiger partial charge in [0.05, 0.1) is 4.90 Å². The summed E-state index contributed by atoms with van der Waals surface area (Å²) in [7, 11) is -3.82. The molecule has 4 rings (SSSR count). The van der Waals surface area contributed by atoms with Gasteiger partial charge in [0.2, 0.25) is 27.6 Å². The van der Waals surface area contributed by atoms with Gasteiger partial charge in [-0.15, -0.1) is 0 Å². The molecule has 0 aliphatic carbocycles. The molecule has 1 aliphatic heterocycles. The van der Waals surface area contributed by atoms with Crippen LogP contribution in [0.1, 0.15) is 49.6 Å². The van der Waals surface area contributed by atoms with Crippen molar-refractivity contribution < 1.29 is 17.7 Å². The summed E-state index contributed by atoms with van der Waals surface area (Å²) in [6.07, 6.45) is 1.35. The topological polar surface area (TPSA) is 105 Å².